The number of carbonyl (C=O) groups excluding carboxylic acids is 4. The SMILES string of the molecule is CCCCCCCCCCNCCS(=O)(=O)N[C@@H](CCCCN)C(=O)N[C@H](C(=O)N[C@@H](C)C(=O)N[C@@H](CCCCN)C(=O)N[C@@H](C)B(O)O)[C@@H](C)O. The second kappa shape index (κ2) is 29.0. The van der Waals surface area contributed by atoms with Gasteiger partial charge in [0.05, 0.1) is 17.8 Å². The predicted octanol–water partition coefficient (Wildman–Crippen LogP) is -1.37. The molecule has 6 atom stereocenters. The zero-order valence-electron chi connectivity index (χ0n) is 31.8. The van der Waals surface area contributed by atoms with Crippen LogP contribution in [0.25, 0.3) is 0 Å². The molecule has 4 amide bonds. The molecule has 0 spiro atoms. The van der Waals surface area contributed by atoms with E-state index in [0.717, 1.165) is 19.3 Å². The summed E-state index contributed by atoms with van der Waals surface area (Å²) in [5, 5.41) is 42.0. The van der Waals surface area contributed by atoms with Crippen molar-refractivity contribution in [1.29, 1.82) is 0 Å². The van der Waals surface area contributed by atoms with Gasteiger partial charge < -0.3 is 53.2 Å². The lowest BCUT2D eigenvalue weighted by atomic mass is 9.81. The Hall–Kier alpha value is -2.39. The van der Waals surface area contributed by atoms with Crippen molar-refractivity contribution in [2.45, 2.75) is 154 Å². The molecule has 0 rings (SSSR count). The van der Waals surface area contributed by atoms with Crippen LogP contribution in [0, 0.1) is 0 Å². The molecule has 17 nitrogen and oxygen atoms in total. The number of hydrogen-bond acceptors (Lipinski definition) is 12. The predicted molar refractivity (Wildman–Crippen MR) is 203 cm³/mol. The van der Waals surface area contributed by atoms with Crippen molar-refractivity contribution in [3.05, 3.63) is 0 Å². The molecule has 0 aromatic rings. The van der Waals surface area contributed by atoms with Gasteiger partial charge in [-0.3, -0.25) is 19.2 Å². The van der Waals surface area contributed by atoms with Crippen molar-refractivity contribution in [3.8, 4) is 0 Å². The minimum Gasteiger partial charge on any atom is -0.426 e. The maximum absolute atomic E-state index is 13.4. The number of amides is 4. The minimum absolute atomic E-state index is 0.0977. The second-order valence-corrected chi connectivity index (χ2v) is 15.4. The standard InChI is InChI=1S/C33H69BN8O9S/c1-5-6-7-8-9-10-11-16-21-37-22-23-52(50,51)42-28(18-13-15-20-36)32(46)41-29(25(3)43)33(47)38-24(2)30(44)40-27(17-12-14-19-35)31(45)39-26(4)34(48)49/h24-29,37,42-43,48-49H,5-23,35-36H2,1-4H3,(H,38,47)(H,39,45)(H,40,44)(H,41,46)/t24-,25+,26-,27-,28-,29-/m0/s1. The Balaban J connectivity index is 5.32. The quantitative estimate of drug-likeness (QED) is 0.0280. The van der Waals surface area contributed by atoms with Gasteiger partial charge in [-0.25, -0.2) is 13.1 Å². The van der Waals surface area contributed by atoms with Crippen molar-refractivity contribution >= 4 is 40.8 Å². The summed E-state index contributed by atoms with van der Waals surface area (Å²) in [6, 6.07) is -5.09. The maximum atomic E-state index is 13.4. The summed E-state index contributed by atoms with van der Waals surface area (Å²) in [5.74, 6) is -4.44. The van der Waals surface area contributed by atoms with Crippen LogP contribution in [-0.2, 0) is 29.2 Å². The van der Waals surface area contributed by atoms with Gasteiger partial charge >= 0.3 is 7.12 Å². The first-order valence-corrected chi connectivity index (χ1v) is 20.6. The molecule has 19 heteroatoms. The Kier molecular flexibility index (Phi) is 27.7. The van der Waals surface area contributed by atoms with E-state index in [9.17, 15) is 42.8 Å². The highest BCUT2D eigenvalue weighted by Crippen LogP contribution is 2.09. The smallest absolute Gasteiger partial charge is 0.426 e. The van der Waals surface area contributed by atoms with Crippen LogP contribution in [0.15, 0.2) is 0 Å². The van der Waals surface area contributed by atoms with Crippen LogP contribution in [-0.4, -0.2) is 122 Å². The third-order valence-electron chi connectivity index (χ3n) is 8.55. The molecule has 52 heavy (non-hydrogen) atoms. The van der Waals surface area contributed by atoms with E-state index in [1.165, 1.54) is 52.9 Å². The summed E-state index contributed by atoms with van der Waals surface area (Å²) in [6.07, 6.45) is 10.2. The lowest BCUT2D eigenvalue weighted by Crippen LogP contribution is -2.60. The van der Waals surface area contributed by atoms with Gasteiger partial charge in [-0.15, -0.1) is 0 Å². The summed E-state index contributed by atoms with van der Waals surface area (Å²) in [6.45, 7) is 7.73. The Labute approximate surface area is 311 Å². The van der Waals surface area contributed by atoms with Gasteiger partial charge in [0.25, 0.3) is 0 Å². The van der Waals surface area contributed by atoms with E-state index < -0.39 is 77.0 Å². The van der Waals surface area contributed by atoms with Gasteiger partial charge in [0, 0.05) is 6.54 Å². The number of aliphatic hydroxyl groups excluding tert-OH is 1. The zero-order chi connectivity index (χ0) is 39.5. The second-order valence-electron chi connectivity index (χ2n) is 13.5. The molecule has 13 N–H and O–H groups in total. The van der Waals surface area contributed by atoms with E-state index in [4.69, 9.17) is 11.5 Å². The number of sulfonamides is 1. The van der Waals surface area contributed by atoms with Gasteiger partial charge in [-0.2, -0.15) is 0 Å². The maximum Gasteiger partial charge on any atom is 0.475 e. The Morgan fingerprint density at radius 2 is 1.19 bits per heavy atom. The molecule has 0 aliphatic carbocycles. The molecule has 0 aliphatic heterocycles. The summed E-state index contributed by atoms with van der Waals surface area (Å²) in [5.41, 5.74) is 11.1. The van der Waals surface area contributed by atoms with E-state index in [2.05, 4.69) is 38.2 Å². The van der Waals surface area contributed by atoms with Crippen molar-refractivity contribution < 1.29 is 42.8 Å². The first-order chi connectivity index (χ1) is 24.6. The van der Waals surface area contributed by atoms with E-state index >= 15 is 0 Å². The van der Waals surface area contributed by atoms with Gasteiger partial charge in [0.2, 0.25) is 33.7 Å². The Morgan fingerprint density at radius 1 is 0.654 bits per heavy atom. The largest absolute Gasteiger partial charge is 0.475 e. The molecule has 0 radical (unpaired) electrons. The highest BCUT2D eigenvalue weighted by atomic mass is 32.2. The zero-order valence-corrected chi connectivity index (χ0v) is 32.6. The number of aliphatic hydroxyl groups is 1. The number of hydrogen-bond donors (Lipinski definition) is 11. The fraction of sp³-hybridized carbons (Fsp3) is 0.879. The molecule has 0 saturated heterocycles. The minimum atomic E-state index is -3.91. The highest BCUT2D eigenvalue weighted by Gasteiger charge is 2.33. The van der Waals surface area contributed by atoms with Gasteiger partial charge in [-0.1, -0.05) is 58.3 Å². The molecule has 304 valence electrons. The van der Waals surface area contributed by atoms with Crippen molar-refractivity contribution in [3.63, 3.8) is 0 Å². The Morgan fingerprint density at radius 3 is 1.73 bits per heavy atom. The normalized spacial score (nSPS) is 15.1. The molecule has 0 bridgehead atoms. The number of nitrogens with two attached hydrogens (primary N) is 2. The molecule has 0 heterocycles. The molecule has 0 saturated carbocycles. The van der Waals surface area contributed by atoms with Crippen LogP contribution in [0.1, 0.15) is 118 Å². The molecular formula is C33H69BN8O9S. The average Bonchev–Trinajstić information content (AvgIpc) is 3.08. The first-order valence-electron chi connectivity index (χ1n) is 19.0. The molecule has 0 aliphatic rings. The molecule has 0 aromatic carbocycles. The highest BCUT2D eigenvalue weighted by molar-refractivity contribution is 7.89. The van der Waals surface area contributed by atoms with Crippen molar-refractivity contribution in [2.75, 3.05) is 31.9 Å². The Bertz CT molecular complexity index is 1120. The van der Waals surface area contributed by atoms with Crippen molar-refractivity contribution in [2.24, 2.45) is 11.5 Å². The third kappa shape index (κ3) is 23.3. The number of carbonyl (C=O) groups is 4. The van der Waals surface area contributed by atoms with Crippen LogP contribution in [0.5, 0.6) is 0 Å². The molecule has 0 aromatic heterocycles. The van der Waals surface area contributed by atoms with E-state index in [-0.39, 0.29) is 25.1 Å². The lowest BCUT2D eigenvalue weighted by Gasteiger charge is -2.27. The van der Waals surface area contributed by atoms with Crippen LogP contribution >= 0.6 is 0 Å². The van der Waals surface area contributed by atoms with Crippen LogP contribution < -0.4 is 42.8 Å². The first kappa shape index (κ1) is 49.6. The topological polar surface area (TPSA) is 287 Å². The summed E-state index contributed by atoms with van der Waals surface area (Å²) in [4.78, 5) is 52.3. The fourth-order valence-electron chi connectivity index (χ4n) is 5.21. The molecule has 0 unspecified atom stereocenters. The number of unbranched alkanes of at least 4 members (excludes halogenated alkanes) is 9. The molecule has 0 fully saturated rings. The van der Waals surface area contributed by atoms with E-state index in [0.29, 0.717) is 45.3 Å². The summed E-state index contributed by atoms with van der Waals surface area (Å²) >= 11 is 0. The third-order valence-corrected chi connectivity index (χ3v) is 9.94. The van der Waals surface area contributed by atoms with E-state index in [1.54, 1.807) is 0 Å². The van der Waals surface area contributed by atoms with Crippen LogP contribution in [0.3, 0.4) is 0 Å². The molecular weight excluding hydrogens is 695 g/mol. The average molecular weight is 765 g/mol. The number of nitrogens with one attached hydrogen (secondary N) is 6. The summed E-state index contributed by atoms with van der Waals surface area (Å²) < 4.78 is 28.3. The lowest BCUT2D eigenvalue weighted by molar-refractivity contribution is -0.135. The van der Waals surface area contributed by atoms with Crippen LogP contribution in [0.4, 0.5) is 0 Å². The van der Waals surface area contributed by atoms with E-state index in [1.807, 2.05) is 0 Å². The van der Waals surface area contributed by atoms with Crippen LogP contribution in [0.2, 0.25) is 0 Å². The summed E-state index contributed by atoms with van der Waals surface area (Å²) in [7, 11) is -5.73. The monoisotopic (exact) mass is 765 g/mol. The van der Waals surface area contributed by atoms with Crippen molar-refractivity contribution in [1.82, 2.24) is 31.3 Å². The fourth-order valence-corrected chi connectivity index (χ4v) is 6.40. The van der Waals surface area contributed by atoms with Gasteiger partial charge in [0.15, 0.2) is 0 Å². The van der Waals surface area contributed by atoms with Gasteiger partial charge in [-0.05, 0) is 78.9 Å². The van der Waals surface area contributed by atoms with Gasteiger partial charge in [0.1, 0.15) is 24.2 Å². The number of rotatable bonds is 32.